The second-order valence-corrected chi connectivity index (χ2v) is 9.01. The average molecular weight is 426 g/mol. The van der Waals surface area contributed by atoms with Gasteiger partial charge in [-0.25, -0.2) is 8.42 Å². The van der Waals surface area contributed by atoms with Crippen LogP contribution in [0.5, 0.6) is 5.75 Å². The van der Waals surface area contributed by atoms with Crippen LogP contribution in [0.4, 0.5) is 5.69 Å². The van der Waals surface area contributed by atoms with Gasteiger partial charge in [-0.3, -0.25) is 9.59 Å². The minimum Gasteiger partial charge on any atom is -0.492 e. The lowest BCUT2D eigenvalue weighted by Crippen LogP contribution is -2.44. The molecule has 0 aliphatic carbocycles. The van der Waals surface area contributed by atoms with E-state index in [0.29, 0.717) is 44.3 Å². The predicted molar refractivity (Wildman–Crippen MR) is 107 cm³/mol. The summed E-state index contributed by atoms with van der Waals surface area (Å²) >= 11 is 0. The van der Waals surface area contributed by atoms with Crippen LogP contribution in [0.3, 0.4) is 0 Å². The van der Waals surface area contributed by atoms with Gasteiger partial charge in [0.25, 0.3) is 0 Å². The van der Waals surface area contributed by atoms with Gasteiger partial charge < -0.3 is 19.7 Å². The molecule has 1 atom stereocenters. The van der Waals surface area contributed by atoms with E-state index in [9.17, 15) is 18.0 Å². The number of carbonyl (C=O) groups excluding carboxylic acids is 2. The number of carbonyl (C=O) groups is 2. The summed E-state index contributed by atoms with van der Waals surface area (Å²) in [7, 11) is -3.43. The fraction of sp³-hybridized carbons (Fsp3) is 0.579. The van der Waals surface area contributed by atoms with E-state index in [2.05, 4.69) is 5.32 Å². The number of benzene rings is 1. The minimum absolute atomic E-state index is 0.0126. The molecule has 10 heteroatoms. The number of ether oxygens (including phenoxy) is 2. The molecule has 160 valence electrons. The zero-order chi connectivity index (χ0) is 20.9. The van der Waals surface area contributed by atoms with E-state index in [4.69, 9.17) is 9.47 Å². The molecule has 1 aromatic rings. The van der Waals surface area contributed by atoms with Crippen LogP contribution in [-0.4, -0.2) is 76.3 Å². The minimum atomic E-state index is -3.43. The van der Waals surface area contributed by atoms with Gasteiger partial charge in [-0.2, -0.15) is 4.31 Å². The van der Waals surface area contributed by atoms with Crippen molar-refractivity contribution in [3.8, 4) is 5.75 Å². The molecule has 2 aliphatic heterocycles. The first-order valence-corrected chi connectivity index (χ1v) is 11.4. The molecule has 2 heterocycles. The molecule has 2 fully saturated rings. The summed E-state index contributed by atoms with van der Waals surface area (Å²) in [6, 6.07) is 7.22. The summed E-state index contributed by atoms with van der Waals surface area (Å²) in [6.07, 6.45) is 0.0858. The number of amides is 2. The highest BCUT2D eigenvalue weighted by Crippen LogP contribution is 2.33. The molecule has 2 saturated heterocycles. The third kappa shape index (κ3) is 5.26. The van der Waals surface area contributed by atoms with Crippen molar-refractivity contribution >= 4 is 27.5 Å². The Bertz CT molecular complexity index is 838. The van der Waals surface area contributed by atoms with Gasteiger partial charge in [0.2, 0.25) is 21.8 Å². The van der Waals surface area contributed by atoms with E-state index >= 15 is 0 Å². The van der Waals surface area contributed by atoms with Crippen molar-refractivity contribution in [3.63, 3.8) is 0 Å². The summed E-state index contributed by atoms with van der Waals surface area (Å²) in [5.74, 6) is -0.564. The van der Waals surface area contributed by atoms with Gasteiger partial charge in [-0.15, -0.1) is 0 Å². The molecule has 2 amide bonds. The number of hydrogen-bond acceptors (Lipinski definition) is 6. The third-order valence-corrected chi connectivity index (χ3v) is 6.85. The monoisotopic (exact) mass is 425 g/mol. The number of nitrogens with zero attached hydrogens (tertiary/aromatic N) is 2. The quantitative estimate of drug-likeness (QED) is 0.639. The maximum absolute atomic E-state index is 12.5. The lowest BCUT2D eigenvalue weighted by molar-refractivity contribution is -0.126. The van der Waals surface area contributed by atoms with Gasteiger partial charge in [0.1, 0.15) is 5.75 Å². The van der Waals surface area contributed by atoms with Crippen molar-refractivity contribution in [2.45, 2.75) is 13.3 Å². The lowest BCUT2D eigenvalue weighted by atomic mass is 10.1. The first-order chi connectivity index (χ1) is 13.9. The summed E-state index contributed by atoms with van der Waals surface area (Å²) in [5.41, 5.74) is 0.643. The van der Waals surface area contributed by atoms with Gasteiger partial charge in [-0.1, -0.05) is 12.1 Å². The van der Waals surface area contributed by atoms with E-state index in [1.165, 1.54) is 4.31 Å². The predicted octanol–water partition coefficient (Wildman–Crippen LogP) is 0.216. The molecule has 0 bridgehead atoms. The number of para-hydroxylation sites is 2. The third-order valence-electron chi connectivity index (χ3n) is 4.97. The van der Waals surface area contributed by atoms with E-state index in [-0.39, 0.29) is 37.1 Å². The largest absolute Gasteiger partial charge is 0.492 e. The second-order valence-electron chi connectivity index (χ2n) is 6.92. The molecule has 3 rings (SSSR count). The van der Waals surface area contributed by atoms with Crippen LogP contribution in [0.25, 0.3) is 0 Å². The Morgan fingerprint density at radius 3 is 2.72 bits per heavy atom. The van der Waals surface area contributed by atoms with Crippen LogP contribution in [0, 0.1) is 5.92 Å². The van der Waals surface area contributed by atoms with Crippen LogP contribution in [0.2, 0.25) is 0 Å². The van der Waals surface area contributed by atoms with E-state index < -0.39 is 15.9 Å². The molecular formula is C19H27N3O6S. The summed E-state index contributed by atoms with van der Waals surface area (Å²) < 4.78 is 36.8. The number of sulfonamides is 1. The van der Waals surface area contributed by atoms with Crippen molar-refractivity contribution in [1.82, 2.24) is 9.62 Å². The Morgan fingerprint density at radius 2 is 2.00 bits per heavy atom. The second kappa shape index (κ2) is 9.55. The Kier molecular flexibility index (Phi) is 7.09. The highest BCUT2D eigenvalue weighted by molar-refractivity contribution is 7.89. The van der Waals surface area contributed by atoms with Crippen LogP contribution in [0.15, 0.2) is 24.3 Å². The number of rotatable bonds is 8. The first kappa shape index (κ1) is 21.5. The zero-order valence-electron chi connectivity index (χ0n) is 16.5. The van der Waals surface area contributed by atoms with Crippen LogP contribution in [0.1, 0.15) is 13.3 Å². The van der Waals surface area contributed by atoms with Crippen molar-refractivity contribution in [2.75, 3.05) is 56.7 Å². The van der Waals surface area contributed by atoms with Gasteiger partial charge in [0.05, 0.1) is 37.2 Å². The fourth-order valence-corrected chi connectivity index (χ4v) is 4.80. The first-order valence-electron chi connectivity index (χ1n) is 9.78. The Hall–Kier alpha value is -2.17. The molecule has 0 aromatic heterocycles. The number of morpholine rings is 1. The fourth-order valence-electron chi connectivity index (χ4n) is 3.48. The van der Waals surface area contributed by atoms with E-state index in [1.54, 1.807) is 17.0 Å². The topological polar surface area (TPSA) is 105 Å². The molecule has 1 N–H and O–H groups in total. The molecule has 1 aromatic carbocycles. The molecule has 29 heavy (non-hydrogen) atoms. The zero-order valence-corrected chi connectivity index (χ0v) is 17.3. The van der Waals surface area contributed by atoms with Gasteiger partial charge >= 0.3 is 0 Å². The van der Waals surface area contributed by atoms with Crippen molar-refractivity contribution in [1.29, 1.82) is 0 Å². The summed E-state index contributed by atoms with van der Waals surface area (Å²) in [4.78, 5) is 26.5. The molecule has 0 spiro atoms. The normalized spacial score (nSPS) is 20.7. The number of nitrogens with one attached hydrogen (secondary N) is 1. The maximum Gasteiger partial charge on any atom is 0.227 e. The standard InChI is InChI=1S/C19H27N3O6S/c1-2-28-17-6-4-3-5-16(17)22-14-15(13-18(22)23)19(24)20-7-12-29(25,26)21-8-10-27-11-9-21/h3-6,15H,2,7-14H2,1H3,(H,20,24). The van der Waals surface area contributed by atoms with E-state index in [0.717, 1.165) is 0 Å². The highest BCUT2D eigenvalue weighted by atomic mass is 32.2. The Morgan fingerprint density at radius 1 is 1.28 bits per heavy atom. The summed E-state index contributed by atoms with van der Waals surface area (Å²) in [5, 5.41) is 2.67. The molecule has 0 radical (unpaired) electrons. The van der Waals surface area contributed by atoms with Crippen LogP contribution >= 0.6 is 0 Å². The van der Waals surface area contributed by atoms with Gasteiger partial charge in [0, 0.05) is 32.6 Å². The van der Waals surface area contributed by atoms with E-state index in [1.807, 2.05) is 19.1 Å². The van der Waals surface area contributed by atoms with Crippen LogP contribution in [-0.2, 0) is 24.3 Å². The maximum atomic E-state index is 12.5. The smallest absolute Gasteiger partial charge is 0.227 e. The Balaban J connectivity index is 1.54. The lowest BCUT2D eigenvalue weighted by Gasteiger charge is -2.26. The average Bonchev–Trinajstić information content (AvgIpc) is 3.11. The summed E-state index contributed by atoms with van der Waals surface area (Å²) in [6.45, 7) is 4.03. The molecular weight excluding hydrogens is 398 g/mol. The van der Waals surface area contributed by atoms with Crippen molar-refractivity contribution < 1.29 is 27.5 Å². The number of hydrogen-bond donors (Lipinski definition) is 1. The molecule has 0 saturated carbocycles. The number of anilines is 1. The molecule has 1 unspecified atom stereocenters. The van der Waals surface area contributed by atoms with Crippen LogP contribution < -0.4 is 15.0 Å². The molecule has 9 nitrogen and oxygen atoms in total. The van der Waals surface area contributed by atoms with Gasteiger partial charge in [-0.05, 0) is 19.1 Å². The molecule has 2 aliphatic rings. The highest BCUT2D eigenvalue weighted by Gasteiger charge is 2.36. The Labute approximate surface area is 171 Å². The SMILES string of the molecule is CCOc1ccccc1N1CC(C(=O)NCCS(=O)(=O)N2CCOCC2)CC1=O. The van der Waals surface area contributed by atoms with Crippen molar-refractivity contribution in [2.24, 2.45) is 5.92 Å². The van der Waals surface area contributed by atoms with Gasteiger partial charge in [0.15, 0.2) is 0 Å². The van der Waals surface area contributed by atoms with Crippen molar-refractivity contribution in [3.05, 3.63) is 24.3 Å².